The Kier molecular flexibility index (Phi) is 1.84. The molecular formula is C9H12O5S. The van der Waals surface area contributed by atoms with Gasteiger partial charge in [-0.3, -0.25) is 9.59 Å². The Balaban J connectivity index is 2.57. The van der Waals surface area contributed by atoms with Crippen molar-refractivity contribution < 1.29 is 23.1 Å². The monoisotopic (exact) mass is 232 g/mol. The summed E-state index contributed by atoms with van der Waals surface area (Å²) >= 11 is 0. The Hall–Kier alpha value is -0.910. The zero-order valence-corrected chi connectivity index (χ0v) is 9.24. The number of sulfone groups is 1. The van der Waals surface area contributed by atoms with Gasteiger partial charge in [0.25, 0.3) is 0 Å². The summed E-state index contributed by atoms with van der Waals surface area (Å²) in [5.74, 6) is -3.33. The van der Waals surface area contributed by atoms with E-state index >= 15 is 0 Å². The molecule has 2 aliphatic rings. The quantitative estimate of drug-likeness (QED) is 0.679. The summed E-state index contributed by atoms with van der Waals surface area (Å²) in [5.41, 5.74) is 0. The number of carboxylic acids is 1. The van der Waals surface area contributed by atoms with E-state index in [0.29, 0.717) is 0 Å². The van der Waals surface area contributed by atoms with Crippen LogP contribution in [-0.2, 0) is 19.4 Å². The number of fused-ring (bicyclic) bond motifs is 1. The highest BCUT2D eigenvalue weighted by molar-refractivity contribution is 7.93. The Morgan fingerprint density at radius 2 is 2.00 bits per heavy atom. The Morgan fingerprint density at radius 3 is 2.33 bits per heavy atom. The Bertz CT molecular complexity index is 447. The van der Waals surface area contributed by atoms with Crippen molar-refractivity contribution in [1.29, 1.82) is 0 Å². The number of rotatable bonds is 1. The number of carboxylic acid groups (broad SMARTS) is 1. The minimum atomic E-state index is -3.49. The van der Waals surface area contributed by atoms with Crippen LogP contribution in [0.15, 0.2) is 0 Å². The second-order valence-electron chi connectivity index (χ2n) is 4.70. The lowest BCUT2D eigenvalue weighted by Gasteiger charge is -2.28. The van der Waals surface area contributed by atoms with Crippen LogP contribution in [0, 0.1) is 11.8 Å². The van der Waals surface area contributed by atoms with Gasteiger partial charge in [0.2, 0.25) is 0 Å². The summed E-state index contributed by atoms with van der Waals surface area (Å²) in [7, 11) is -3.49. The molecule has 1 heterocycles. The van der Waals surface area contributed by atoms with E-state index in [2.05, 4.69) is 0 Å². The average Bonchev–Trinajstić information content (AvgIpc) is 2.19. The normalized spacial score (nSPS) is 40.7. The van der Waals surface area contributed by atoms with Crippen molar-refractivity contribution in [3.8, 4) is 0 Å². The van der Waals surface area contributed by atoms with Crippen molar-refractivity contribution in [1.82, 2.24) is 0 Å². The maximum atomic E-state index is 11.9. The van der Waals surface area contributed by atoms with Gasteiger partial charge in [-0.1, -0.05) is 0 Å². The number of hydrogen-bond donors (Lipinski definition) is 1. The Morgan fingerprint density at radius 1 is 1.47 bits per heavy atom. The molecule has 1 aliphatic heterocycles. The third-order valence-corrected chi connectivity index (χ3v) is 6.66. The van der Waals surface area contributed by atoms with Crippen LogP contribution in [0.2, 0.25) is 0 Å². The number of carbonyl (C=O) groups is 2. The van der Waals surface area contributed by atoms with E-state index in [9.17, 15) is 18.0 Å². The molecule has 2 fully saturated rings. The van der Waals surface area contributed by atoms with E-state index in [1.165, 1.54) is 13.8 Å². The zero-order chi connectivity index (χ0) is 11.6. The number of Topliss-reactive ketones (excluding diaryl/α,β-unsaturated/α-hetero) is 1. The van der Waals surface area contributed by atoms with Crippen LogP contribution in [0.5, 0.6) is 0 Å². The highest BCUT2D eigenvalue weighted by atomic mass is 32.2. The summed E-state index contributed by atoms with van der Waals surface area (Å²) in [6, 6.07) is 0. The highest BCUT2D eigenvalue weighted by Gasteiger charge is 2.69. The lowest BCUT2D eigenvalue weighted by Crippen LogP contribution is -2.45. The van der Waals surface area contributed by atoms with Crippen molar-refractivity contribution in [3.05, 3.63) is 0 Å². The lowest BCUT2D eigenvalue weighted by molar-refractivity contribution is -0.149. The predicted molar refractivity (Wildman–Crippen MR) is 51.0 cm³/mol. The number of carbonyl (C=O) groups excluding carboxylic acids is 1. The van der Waals surface area contributed by atoms with Crippen molar-refractivity contribution in [2.24, 2.45) is 11.8 Å². The minimum Gasteiger partial charge on any atom is -0.481 e. The van der Waals surface area contributed by atoms with Crippen molar-refractivity contribution in [3.63, 3.8) is 0 Å². The topological polar surface area (TPSA) is 88.5 Å². The molecule has 1 N–H and O–H groups in total. The highest BCUT2D eigenvalue weighted by Crippen LogP contribution is 2.53. The number of hydrogen-bond acceptors (Lipinski definition) is 4. The fraction of sp³-hybridized carbons (Fsp3) is 0.778. The van der Waals surface area contributed by atoms with Crippen LogP contribution in [-0.4, -0.2) is 35.3 Å². The molecule has 1 saturated carbocycles. The van der Waals surface area contributed by atoms with Crippen molar-refractivity contribution in [2.45, 2.75) is 30.3 Å². The molecule has 1 aliphatic carbocycles. The first-order valence-electron chi connectivity index (χ1n) is 4.70. The van der Waals surface area contributed by atoms with Crippen LogP contribution in [0.1, 0.15) is 20.3 Å². The van der Waals surface area contributed by atoms with Gasteiger partial charge in [-0.25, -0.2) is 8.42 Å². The summed E-state index contributed by atoms with van der Waals surface area (Å²) in [4.78, 5) is 22.3. The lowest BCUT2D eigenvalue weighted by atomic mass is 9.70. The van der Waals surface area contributed by atoms with E-state index in [0.717, 1.165) is 0 Å². The molecule has 0 amide bonds. The molecule has 3 atom stereocenters. The van der Waals surface area contributed by atoms with Crippen LogP contribution in [0.3, 0.4) is 0 Å². The van der Waals surface area contributed by atoms with Gasteiger partial charge in [0.05, 0.1) is 15.9 Å². The molecule has 0 aromatic carbocycles. The molecular weight excluding hydrogens is 220 g/mol. The molecule has 84 valence electrons. The molecule has 0 aromatic heterocycles. The zero-order valence-electron chi connectivity index (χ0n) is 8.43. The van der Waals surface area contributed by atoms with E-state index in [1.54, 1.807) is 0 Å². The van der Waals surface area contributed by atoms with Gasteiger partial charge in [-0.2, -0.15) is 0 Å². The molecule has 1 saturated heterocycles. The first kappa shape index (κ1) is 10.6. The van der Waals surface area contributed by atoms with E-state index in [1.807, 2.05) is 0 Å². The maximum absolute atomic E-state index is 11.9. The van der Waals surface area contributed by atoms with Crippen LogP contribution in [0.25, 0.3) is 0 Å². The maximum Gasteiger partial charge on any atom is 0.308 e. The molecule has 5 nitrogen and oxygen atoms in total. The first-order chi connectivity index (χ1) is 6.71. The first-order valence-corrected chi connectivity index (χ1v) is 6.25. The second kappa shape index (κ2) is 2.61. The Labute approximate surface area is 87.4 Å². The fourth-order valence-electron chi connectivity index (χ4n) is 2.66. The number of ketones is 1. The fourth-order valence-corrected chi connectivity index (χ4v) is 5.12. The van der Waals surface area contributed by atoms with Gasteiger partial charge in [-0.05, 0) is 13.8 Å². The van der Waals surface area contributed by atoms with E-state index in [4.69, 9.17) is 5.11 Å². The third-order valence-electron chi connectivity index (χ3n) is 3.68. The summed E-state index contributed by atoms with van der Waals surface area (Å²) in [6.45, 7) is 2.79. The number of aliphatic carboxylic acids is 1. The van der Waals surface area contributed by atoms with Gasteiger partial charge in [0.1, 0.15) is 5.78 Å². The molecule has 2 rings (SSSR count). The molecule has 15 heavy (non-hydrogen) atoms. The SMILES string of the molecule is CC1(C)[C@H](C(=O)O)[C@H]2C(=O)C[C@H]2S1(=O)=O. The summed E-state index contributed by atoms with van der Waals surface area (Å²) < 4.78 is 22.5. The largest absolute Gasteiger partial charge is 0.481 e. The van der Waals surface area contributed by atoms with Crippen LogP contribution < -0.4 is 0 Å². The average molecular weight is 232 g/mol. The third kappa shape index (κ3) is 1.00. The van der Waals surface area contributed by atoms with E-state index < -0.39 is 37.6 Å². The van der Waals surface area contributed by atoms with Gasteiger partial charge in [0.15, 0.2) is 9.84 Å². The van der Waals surface area contributed by atoms with Crippen molar-refractivity contribution in [2.75, 3.05) is 0 Å². The molecule has 0 bridgehead atoms. The summed E-state index contributed by atoms with van der Waals surface area (Å²) in [6.07, 6.45) is -0.0137. The molecule has 6 heteroatoms. The smallest absolute Gasteiger partial charge is 0.308 e. The second-order valence-corrected chi connectivity index (χ2v) is 7.45. The van der Waals surface area contributed by atoms with Gasteiger partial charge >= 0.3 is 5.97 Å². The standard InChI is InChI=1S/C9H12O5S/c1-9(2)7(8(11)12)6-4(10)3-5(6)15(9,13)14/h5-7H,3H2,1-2H3,(H,11,12)/t5-,6+,7+/m1/s1. The van der Waals surface area contributed by atoms with Crippen LogP contribution in [0.4, 0.5) is 0 Å². The van der Waals surface area contributed by atoms with Gasteiger partial charge in [-0.15, -0.1) is 0 Å². The molecule has 0 unspecified atom stereocenters. The van der Waals surface area contributed by atoms with Gasteiger partial charge < -0.3 is 5.11 Å². The minimum absolute atomic E-state index is 0.0137. The van der Waals surface area contributed by atoms with Gasteiger partial charge in [0, 0.05) is 12.3 Å². The van der Waals surface area contributed by atoms with E-state index in [-0.39, 0.29) is 12.2 Å². The predicted octanol–water partition coefficient (Wildman–Crippen LogP) is -0.148. The van der Waals surface area contributed by atoms with Crippen LogP contribution >= 0.6 is 0 Å². The molecule has 0 radical (unpaired) electrons. The summed E-state index contributed by atoms with van der Waals surface area (Å²) in [5, 5.41) is 8.24. The van der Waals surface area contributed by atoms with Crippen molar-refractivity contribution >= 4 is 21.6 Å². The molecule has 0 spiro atoms. The molecule has 0 aromatic rings.